The van der Waals surface area contributed by atoms with Gasteiger partial charge in [-0.3, -0.25) is 14.3 Å². The molecule has 26 heavy (non-hydrogen) atoms. The van der Waals surface area contributed by atoms with E-state index in [-0.39, 0.29) is 24.3 Å². The maximum absolute atomic E-state index is 12.1. The third-order valence-corrected chi connectivity index (χ3v) is 3.86. The number of carboxylic acids is 1. The number of nitrogens with one attached hydrogen (secondary N) is 1. The van der Waals surface area contributed by atoms with Gasteiger partial charge in [0.15, 0.2) is 0 Å². The van der Waals surface area contributed by atoms with Crippen molar-refractivity contribution in [3.63, 3.8) is 0 Å². The molecule has 3 rings (SSSR count). The molecule has 5 N–H and O–H groups in total. The van der Waals surface area contributed by atoms with Crippen LogP contribution in [0.1, 0.15) is 15.9 Å². The van der Waals surface area contributed by atoms with Crippen LogP contribution >= 0.6 is 0 Å². The first-order valence-corrected chi connectivity index (χ1v) is 7.66. The Hall–Kier alpha value is -3.34. The number of hydrogen-bond donors (Lipinski definition) is 4. The summed E-state index contributed by atoms with van der Waals surface area (Å²) in [5, 5.41) is 25.5. The molecule has 1 amide bonds. The number of benzene rings is 1. The van der Waals surface area contributed by atoms with Gasteiger partial charge in [-0.15, -0.1) is 0 Å². The Morgan fingerprint density at radius 1 is 1.42 bits per heavy atom. The van der Waals surface area contributed by atoms with Gasteiger partial charge in [-0.2, -0.15) is 5.10 Å². The summed E-state index contributed by atoms with van der Waals surface area (Å²) in [5.41, 5.74) is 6.31. The number of aliphatic carboxylic acids is 1. The minimum atomic E-state index is -1.62. The lowest BCUT2D eigenvalue weighted by Crippen LogP contribution is -2.53. The Kier molecular flexibility index (Phi) is 4.63. The van der Waals surface area contributed by atoms with Crippen LogP contribution in [0.25, 0.3) is 0 Å². The second-order valence-corrected chi connectivity index (χ2v) is 5.79. The summed E-state index contributed by atoms with van der Waals surface area (Å²) in [6.07, 6.45) is 3.07. The topological polar surface area (TPSA) is 157 Å². The molecule has 0 unspecified atom stereocenters. The monoisotopic (exact) mass is 358 g/mol. The first-order chi connectivity index (χ1) is 12.3. The van der Waals surface area contributed by atoms with Crippen molar-refractivity contribution in [2.75, 3.05) is 5.73 Å². The Labute approximate surface area is 147 Å². The minimum Gasteiger partial charge on any atom is -0.534 e. The van der Waals surface area contributed by atoms with E-state index in [1.54, 1.807) is 6.07 Å². The van der Waals surface area contributed by atoms with Gasteiger partial charge < -0.3 is 25.8 Å². The number of carbonyl (C=O) groups is 3. The molecule has 0 spiro atoms. The summed E-state index contributed by atoms with van der Waals surface area (Å²) >= 11 is 0. The number of aromatic nitrogens is 2. The third-order valence-electron chi connectivity index (χ3n) is 3.86. The highest BCUT2D eigenvalue weighted by molar-refractivity contribution is 6.47. The number of rotatable bonds is 5. The van der Waals surface area contributed by atoms with E-state index in [4.69, 9.17) is 15.5 Å². The molecule has 1 aromatic carbocycles. The fraction of sp³-hybridized carbons (Fsp3) is 0.200. The van der Waals surface area contributed by atoms with Crippen molar-refractivity contribution >= 4 is 30.5 Å². The number of nitrogens with zero attached hydrogens (tertiary/aromatic N) is 2. The second-order valence-electron chi connectivity index (χ2n) is 5.79. The normalized spacial score (nSPS) is 15.7. The van der Waals surface area contributed by atoms with Crippen molar-refractivity contribution in [3.8, 4) is 5.75 Å². The SMILES string of the molecule is Nc1cnn(CC(=O)N[C@H]2Cc3cccc(C(=O)C(=O)O)c3OB2O)c1. The van der Waals surface area contributed by atoms with Crippen LogP contribution in [0.15, 0.2) is 30.6 Å². The molecular weight excluding hydrogens is 343 g/mol. The zero-order chi connectivity index (χ0) is 18.8. The molecule has 1 aliphatic rings. The van der Waals surface area contributed by atoms with Gasteiger partial charge in [0.2, 0.25) is 5.91 Å². The van der Waals surface area contributed by atoms with Crippen LogP contribution in [-0.2, 0) is 22.6 Å². The number of amides is 1. The van der Waals surface area contributed by atoms with Crippen LogP contribution in [0, 0.1) is 0 Å². The molecule has 0 radical (unpaired) electrons. The molecule has 10 nitrogen and oxygen atoms in total. The van der Waals surface area contributed by atoms with Gasteiger partial charge in [-0.1, -0.05) is 12.1 Å². The quantitative estimate of drug-likeness (QED) is 0.297. The van der Waals surface area contributed by atoms with Gasteiger partial charge in [0.25, 0.3) is 5.78 Å². The predicted molar refractivity (Wildman–Crippen MR) is 89.3 cm³/mol. The Bertz CT molecular complexity index is 883. The lowest BCUT2D eigenvalue weighted by Gasteiger charge is -2.29. The molecule has 2 aromatic rings. The number of Topliss-reactive ketones (excluding diaryl/α,β-unsaturated/α-hetero) is 1. The fourth-order valence-electron chi connectivity index (χ4n) is 2.71. The van der Waals surface area contributed by atoms with Crippen molar-refractivity contribution < 1.29 is 29.2 Å². The lowest BCUT2D eigenvalue weighted by molar-refractivity contribution is -0.131. The maximum Gasteiger partial charge on any atom is 0.547 e. The zero-order valence-electron chi connectivity index (χ0n) is 13.5. The lowest BCUT2D eigenvalue weighted by atomic mass is 9.72. The van der Waals surface area contributed by atoms with Crippen molar-refractivity contribution in [2.24, 2.45) is 0 Å². The Morgan fingerprint density at radius 2 is 2.19 bits per heavy atom. The summed E-state index contributed by atoms with van der Waals surface area (Å²) in [5.74, 6) is -3.92. The number of nitrogens with two attached hydrogens (primary N) is 1. The molecule has 11 heteroatoms. The number of carbonyl (C=O) groups excluding carboxylic acids is 2. The van der Waals surface area contributed by atoms with Gasteiger partial charge in [0.05, 0.1) is 23.4 Å². The van der Waals surface area contributed by atoms with E-state index in [1.807, 2.05) is 0 Å². The Balaban J connectivity index is 1.73. The molecule has 1 aromatic heterocycles. The molecule has 0 saturated carbocycles. The highest BCUT2D eigenvalue weighted by atomic mass is 16.5. The van der Waals surface area contributed by atoms with E-state index in [1.165, 1.54) is 29.2 Å². The highest BCUT2D eigenvalue weighted by Gasteiger charge is 2.38. The maximum atomic E-state index is 12.1. The summed E-state index contributed by atoms with van der Waals surface area (Å²) in [4.78, 5) is 34.7. The zero-order valence-corrected chi connectivity index (χ0v) is 13.5. The number of hydrogen-bond acceptors (Lipinski definition) is 7. The molecule has 0 aliphatic carbocycles. The first-order valence-electron chi connectivity index (χ1n) is 7.66. The molecule has 1 aliphatic heterocycles. The average Bonchev–Trinajstić information content (AvgIpc) is 2.99. The van der Waals surface area contributed by atoms with Crippen LogP contribution < -0.4 is 15.7 Å². The van der Waals surface area contributed by atoms with Gasteiger partial charge in [0, 0.05) is 6.20 Å². The van der Waals surface area contributed by atoms with Crippen LogP contribution in [0.2, 0.25) is 0 Å². The van der Waals surface area contributed by atoms with Crippen molar-refractivity contribution in [3.05, 3.63) is 41.7 Å². The van der Waals surface area contributed by atoms with Crippen molar-refractivity contribution in [1.82, 2.24) is 15.1 Å². The minimum absolute atomic E-state index is 0.0118. The fourth-order valence-corrected chi connectivity index (χ4v) is 2.71. The number of nitrogen functional groups attached to an aromatic ring is 1. The highest BCUT2D eigenvalue weighted by Crippen LogP contribution is 2.30. The Morgan fingerprint density at radius 3 is 2.85 bits per heavy atom. The first kappa shape index (κ1) is 17.5. The van der Waals surface area contributed by atoms with E-state index < -0.39 is 30.7 Å². The summed E-state index contributed by atoms with van der Waals surface area (Å²) in [6, 6.07) is 4.46. The number of carboxylic acid groups (broad SMARTS) is 1. The number of fused-ring (bicyclic) bond motifs is 1. The largest absolute Gasteiger partial charge is 0.547 e. The molecule has 2 heterocycles. The van der Waals surface area contributed by atoms with Crippen LogP contribution in [0.3, 0.4) is 0 Å². The number of anilines is 1. The molecule has 0 saturated heterocycles. The number of para-hydroxylation sites is 1. The van der Waals surface area contributed by atoms with E-state index in [0.717, 1.165) is 0 Å². The van der Waals surface area contributed by atoms with Gasteiger partial charge in [0.1, 0.15) is 12.3 Å². The molecule has 1 atom stereocenters. The van der Waals surface area contributed by atoms with Gasteiger partial charge >= 0.3 is 13.1 Å². The summed E-state index contributed by atoms with van der Waals surface area (Å²) in [6.45, 7) is -0.0924. The molecule has 134 valence electrons. The summed E-state index contributed by atoms with van der Waals surface area (Å²) in [7, 11) is -1.43. The van der Waals surface area contributed by atoms with Crippen LogP contribution in [-0.4, -0.2) is 50.6 Å². The van der Waals surface area contributed by atoms with Gasteiger partial charge in [-0.25, -0.2) is 4.79 Å². The predicted octanol–water partition coefficient (Wildman–Crippen LogP) is -1.13. The molecule has 0 fully saturated rings. The van der Waals surface area contributed by atoms with Crippen molar-refractivity contribution in [1.29, 1.82) is 0 Å². The smallest absolute Gasteiger partial charge is 0.534 e. The van der Waals surface area contributed by atoms with E-state index in [0.29, 0.717) is 11.3 Å². The van der Waals surface area contributed by atoms with Crippen LogP contribution in [0.4, 0.5) is 5.69 Å². The standard InChI is InChI=1S/C15H15BN4O6/c17-9-5-18-20(6-9)7-12(21)19-11-4-8-2-1-3-10(13(22)15(23)24)14(8)26-16(11)25/h1-3,5-6,11,25H,4,7,17H2,(H,19,21)(H,23,24)/t11-/m0/s1. The van der Waals surface area contributed by atoms with Crippen molar-refractivity contribution in [2.45, 2.75) is 18.9 Å². The average molecular weight is 358 g/mol. The van der Waals surface area contributed by atoms with Gasteiger partial charge in [-0.05, 0) is 18.1 Å². The second kappa shape index (κ2) is 6.88. The molecular formula is C15H15BN4O6. The molecule has 0 bridgehead atoms. The summed E-state index contributed by atoms with van der Waals surface area (Å²) < 4.78 is 6.66. The number of ketones is 1. The van der Waals surface area contributed by atoms with E-state index in [2.05, 4.69) is 10.4 Å². The third kappa shape index (κ3) is 3.52. The van der Waals surface area contributed by atoms with E-state index in [9.17, 15) is 19.4 Å². The van der Waals surface area contributed by atoms with E-state index >= 15 is 0 Å². The van der Waals surface area contributed by atoms with Crippen LogP contribution in [0.5, 0.6) is 5.75 Å².